The molecule has 0 unspecified atom stereocenters. The number of rotatable bonds is 6. The Bertz CT molecular complexity index is 1190. The second-order valence-corrected chi connectivity index (χ2v) is 9.56. The Kier molecular flexibility index (Phi) is 7.09. The van der Waals surface area contributed by atoms with Gasteiger partial charge < -0.3 is 10.1 Å². The molecule has 0 atom stereocenters. The minimum atomic E-state index is -0.451. The molecule has 4 rings (SSSR count). The monoisotopic (exact) mass is 459 g/mol. The molecule has 0 radical (unpaired) electrons. The first-order chi connectivity index (χ1) is 16.0. The van der Waals surface area contributed by atoms with Crippen LogP contribution in [0.15, 0.2) is 53.9 Å². The van der Waals surface area contributed by atoms with Crippen molar-refractivity contribution in [2.24, 2.45) is 0 Å². The van der Waals surface area contributed by atoms with Gasteiger partial charge in [-0.15, -0.1) is 11.3 Å². The van der Waals surface area contributed by atoms with Crippen molar-refractivity contribution in [3.63, 3.8) is 0 Å². The summed E-state index contributed by atoms with van der Waals surface area (Å²) in [5, 5.41) is 5.29. The average molecular weight is 460 g/mol. The number of hydrogen-bond acceptors (Lipinski definition) is 4. The van der Waals surface area contributed by atoms with E-state index in [1.165, 1.54) is 54.1 Å². The van der Waals surface area contributed by atoms with E-state index >= 15 is 0 Å². The van der Waals surface area contributed by atoms with Crippen LogP contribution in [0.25, 0.3) is 17.2 Å². The maximum atomic E-state index is 12.6. The molecule has 1 aliphatic rings. The molecule has 1 aliphatic carbocycles. The zero-order valence-electron chi connectivity index (χ0n) is 19.3. The lowest BCUT2D eigenvalue weighted by Crippen LogP contribution is -2.11. The van der Waals surface area contributed by atoms with Crippen molar-refractivity contribution < 1.29 is 14.3 Å². The van der Waals surface area contributed by atoms with Gasteiger partial charge >= 0.3 is 5.97 Å². The fourth-order valence-electron chi connectivity index (χ4n) is 4.19. The molecule has 1 aromatic heterocycles. The van der Waals surface area contributed by atoms with Crippen LogP contribution in [0.5, 0.6) is 0 Å². The van der Waals surface area contributed by atoms with Crippen LogP contribution in [-0.2, 0) is 22.4 Å². The molecule has 33 heavy (non-hydrogen) atoms. The lowest BCUT2D eigenvalue weighted by atomic mass is 9.89. The predicted octanol–water partition coefficient (Wildman–Crippen LogP) is 6.86. The quantitative estimate of drug-likeness (QED) is 0.324. The van der Waals surface area contributed by atoms with E-state index in [2.05, 4.69) is 49.5 Å². The molecule has 0 bridgehead atoms. The summed E-state index contributed by atoms with van der Waals surface area (Å²) in [6.07, 6.45) is 7.85. The standard InChI is InChI=1S/C28H29NO3S/c1-18(2)20-11-8-19(9-12-20)10-15-25(30)29-27-26(28(31)32-3)24(17-33-27)23-14-13-21-6-4-5-7-22(21)16-23/h8-18H,4-7H2,1-3H3,(H,29,30)/b15-10+. The number of ether oxygens (including phenoxy) is 1. The topological polar surface area (TPSA) is 55.4 Å². The number of benzene rings is 2. The Hall–Kier alpha value is -3.18. The van der Waals surface area contributed by atoms with E-state index < -0.39 is 5.97 Å². The second kappa shape index (κ2) is 10.2. The molecule has 2 aromatic carbocycles. The summed E-state index contributed by atoms with van der Waals surface area (Å²) >= 11 is 1.34. The highest BCUT2D eigenvalue weighted by atomic mass is 32.1. The maximum absolute atomic E-state index is 12.6. The van der Waals surface area contributed by atoms with Crippen LogP contribution in [-0.4, -0.2) is 19.0 Å². The molecular weight excluding hydrogens is 430 g/mol. The fourth-order valence-corrected chi connectivity index (χ4v) is 5.15. The zero-order chi connectivity index (χ0) is 23.4. The van der Waals surface area contributed by atoms with E-state index in [0.717, 1.165) is 29.5 Å². The first-order valence-corrected chi connectivity index (χ1v) is 12.2. The van der Waals surface area contributed by atoms with Gasteiger partial charge in [0.2, 0.25) is 5.91 Å². The third kappa shape index (κ3) is 5.25. The Balaban J connectivity index is 1.56. The Morgan fingerprint density at radius 1 is 1.03 bits per heavy atom. The zero-order valence-corrected chi connectivity index (χ0v) is 20.1. The summed E-state index contributed by atoms with van der Waals surface area (Å²) in [5.41, 5.74) is 7.12. The van der Waals surface area contributed by atoms with Crippen molar-refractivity contribution >= 4 is 34.3 Å². The normalized spacial score (nSPS) is 13.2. The van der Waals surface area contributed by atoms with Crippen LogP contribution in [0.2, 0.25) is 0 Å². The molecule has 1 amide bonds. The van der Waals surface area contributed by atoms with Gasteiger partial charge in [0.25, 0.3) is 0 Å². The van der Waals surface area contributed by atoms with E-state index in [4.69, 9.17) is 4.74 Å². The number of thiophene rings is 1. The number of anilines is 1. The Labute approximate surface area is 199 Å². The molecule has 0 aliphatic heterocycles. The second-order valence-electron chi connectivity index (χ2n) is 8.68. The number of methoxy groups -OCH3 is 1. The summed E-state index contributed by atoms with van der Waals surface area (Å²) in [7, 11) is 1.36. The van der Waals surface area contributed by atoms with Gasteiger partial charge in [0.05, 0.1) is 7.11 Å². The van der Waals surface area contributed by atoms with Gasteiger partial charge in [-0.1, -0.05) is 56.3 Å². The van der Waals surface area contributed by atoms with Crippen LogP contribution in [0, 0.1) is 0 Å². The molecule has 0 spiro atoms. The summed E-state index contributed by atoms with van der Waals surface area (Å²) < 4.78 is 5.05. The van der Waals surface area contributed by atoms with Crippen molar-refractivity contribution in [1.29, 1.82) is 0 Å². The van der Waals surface area contributed by atoms with Crippen molar-refractivity contribution in [2.45, 2.75) is 45.4 Å². The van der Waals surface area contributed by atoms with Crippen molar-refractivity contribution in [2.75, 3.05) is 12.4 Å². The minimum Gasteiger partial charge on any atom is -0.465 e. The fraction of sp³-hybridized carbons (Fsp3) is 0.286. The summed E-state index contributed by atoms with van der Waals surface area (Å²) in [6.45, 7) is 4.30. The van der Waals surface area contributed by atoms with E-state index in [0.29, 0.717) is 16.5 Å². The number of aryl methyl sites for hydroxylation is 2. The minimum absolute atomic E-state index is 0.285. The molecule has 1 heterocycles. The van der Waals surface area contributed by atoms with Crippen LogP contribution in [0.3, 0.4) is 0 Å². The summed E-state index contributed by atoms with van der Waals surface area (Å²) in [4.78, 5) is 25.3. The highest BCUT2D eigenvalue weighted by molar-refractivity contribution is 7.15. The molecular formula is C28H29NO3S. The highest BCUT2D eigenvalue weighted by Crippen LogP contribution is 2.37. The molecule has 0 saturated heterocycles. The third-order valence-electron chi connectivity index (χ3n) is 6.11. The first kappa shape index (κ1) is 23.0. The van der Waals surface area contributed by atoms with E-state index in [1.54, 1.807) is 6.08 Å². The Morgan fingerprint density at radius 3 is 2.45 bits per heavy atom. The van der Waals surface area contributed by atoms with Gasteiger partial charge in [-0.05, 0) is 65.5 Å². The molecule has 3 aromatic rings. The van der Waals surface area contributed by atoms with Crippen LogP contribution in [0.1, 0.15) is 65.2 Å². The number of hydrogen-bond donors (Lipinski definition) is 1. The number of carbonyl (C=O) groups excluding carboxylic acids is 2. The van der Waals surface area contributed by atoms with Crippen molar-refractivity contribution in [1.82, 2.24) is 0 Å². The van der Waals surface area contributed by atoms with Crippen LogP contribution >= 0.6 is 11.3 Å². The van der Waals surface area contributed by atoms with E-state index in [9.17, 15) is 9.59 Å². The van der Waals surface area contributed by atoms with Gasteiger partial charge in [-0.25, -0.2) is 4.79 Å². The largest absolute Gasteiger partial charge is 0.465 e. The maximum Gasteiger partial charge on any atom is 0.341 e. The SMILES string of the molecule is COC(=O)c1c(-c2ccc3c(c2)CCCC3)csc1NC(=O)/C=C/c1ccc(C(C)C)cc1. The Morgan fingerprint density at radius 2 is 1.76 bits per heavy atom. The van der Waals surface area contributed by atoms with E-state index in [-0.39, 0.29) is 5.91 Å². The number of esters is 1. The molecule has 1 N–H and O–H groups in total. The average Bonchev–Trinajstić information content (AvgIpc) is 3.25. The smallest absolute Gasteiger partial charge is 0.341 e. The summed E-state index contributed by atoms with van der Waals surface area (Å²) in [5.74, 6) is -0.273. The van der Waals surface area contributed by atoms with Crippen LogP contribution in [0.4, 0.5) is 5.00 Å². The first-order valence-electron chi connectivity index (χ1n) is 11.4. The van der Waals surface area contributed by atoms with Gasteiger partial charge in [0.15, 0.2) is 0 Å². The van der Waals surface area contributed by atoms with E-state index in [1.807, 2.05) is 17.5 Å². The number of fused-ring (bicyclic) bond motifs is 1. The lowest BCUT2D eigenvalue weighted by molar-refractivity contribution is -0.111. The number of carbonyl (C=O) groups is 2. The van der Waals surface area contributed by atoms with Gasteiger partial charge in [-0.3, -0.25) is 4.79 Å². The predicted molar refractivity (Wildman–Crippen MR) is 136 cm³/mol. The molecule has 0 fully saturated rings. The molecule has 4 nitrogen and oxygen atoms in total. The molecule has 0 saturated carbocycles. The van der Waals surface area contributed by atoms with Gasteiger partial charge in [0, 0.05) is 17.0 Å². The van der Waals surface area contributed by atoms with Gasteiger partial charge in [-0.2, -0.15) is 0 Å². The number of amides is 1. The van der Waals surface area contributed by atoms with Crippen molar-refractivity contribution in [3.05, 3.63) is 81.7 Å². The van der Waals surface area contributed by atoms with Crippen molar-refractivity contribution in [3.8, 4) is 11.1 Å². The highest BCUT2D eigenvalue weighted by Gasteiger charge is 2.23. The van der Waals surface area contributed by atoms with Crippen LogP contribution < -0.4 is 5.32 Å². The lowest BCUT2D eigenvalue weighted by Gasteiger charge is -2.16. The molecule has 170 valence electrons. The molecule has 5 heteroatoms. The number of nitrogens with one attached hydrogen (secondary N) is 1. The third-order valence-corrected chi connectivity index (χ3v) is 7.00. The summed E-state index contributed by atoms with van der Waals surface area (Å²) in [6, 6.07) is 14.5. The van der Waals surface area contributed by atoms with Gasteiger partial charge in [0.1, 0.15) is 10.6 Å².